The minimum atomic E-state index is -0.105. The number of H-pyrrole nitrogens is 1. The van der Waals surface area contributed by atoms with Gasteiger partial charge < -0.3 is 20.4 Å². The van der Waals surface area contributed by atoms with Gasteiger partial charge in [0.05, 0.1) is 29.5 Å². The van der Waals surface area contributed by atoms with Crippen molar-refractivity contribution in [2.75, 3.05) is 24.3 Å². The van der Waals surface area contributed by atoms with Gasteiger partial charge in [-0.15, -0.1) is 0 Å². The number of carbonyl (C=O) groups is 1. The molecule has 152 valence electrons. The molecule has 1 amide bonds. The number of methoxy groups -OCH3 is 1. The summed E-state index contributed by atoms with van der Waals surface area (Å²) in [5.74, 6) is 1.29. The summed E-state index contributed by atoms with van der Waals surface area (Å²) in [6.07, 6.45) is 0.282. The molecule has 0 saturated heterocycles. The predicted octanol–water partition coefficient (Wildman–Crippen LogP) is 5.33. The van der Waals surface area contributed by atoms with E-state index in [1.165, 1.54) is 0 Å². The summed E-state index contributed by atoms with van der Waals surface area (Å²) < 4.78 is 5.31. The van der Waals surface area contributed by atoms with Gasteiger partial charge in [-0.1, -0.05) is 35.9 Å². The predicted molar refractivity (Wildman–Crippen MR) is 121 cm³/mol. The van der Waals surface area contributed by atoms with Crippen LogP contribution in [0, 0.1) is 0 Å². The van der Waals surface area contributed by atoms with E-state index in [4.69, 9.17) is 16.3 Å². The number of fused-ring (bicyclic) bond motifs is 1. The average molecular weight is 421 g/mol. The molecule has 3 N–H and O–H groups in total. The van der Waals surface area contributed by atoms with E-state index in [0.717, 1.165) is 22.3 Å². The lowest BCUT2D eigenvalue weighted by Crippen LogP contribution is -2.17. The molecule has 3 aromatic carbocycles. The Kier molecular flexibility index (Phi) is 5.86. The highest BCUT2D eigenvalue weighted by atomic mass is 35.5. The van der Waals surface area contributed by atoms with Crippen molar-refractivity contribution >= 4 is 39.9 Å². The first-order chi connectivity index (χ1) is 14.6. The summed E-state index contributed by atoms with van der Waals surface area (Å²) in [5, 5.41) is 6.78. The molecule has 0 aliphatic heterocycles. The van der Waals surface area contributed by atoms with Crippen molar-refractivity contribution in [2.24, 2.45) is 0 Å². The van der Waals surface area contributed by atoms with Crippen LogP contribution in [0.4, 0.5) is 11.4 Å². The second-order valence-corrected chi connectivity index (χ2v) is 7.15. The van der Waals surface area contributed by atoms with Gasteiger partial charge in [-0.2, -0.15) is 0 Å². The zero-order chi connectivity index (χ0) is 20.9. The first-order valence-electron chi connectivity index (χ1n) is 9.55. The highest BCUT2D eigenvalue weighted by molar-refractivity contribution is 6.30. The van der Waals surface area contributed by atoms with Crippen LogP contribution in [0.15, 0.2) is 66.7 Å². The maximum Gasteiger partial charge on any atom is 0.226 e. The van der Waals surface area contributed by atoms with Gasteiger partial charge in [-0.3, -0.25) is 4.79 Å². The third-order valence-corrected chi connectivity index (χ3v) is 4.91. The molecule has 0 saturated carbocycles. The van der Waals surface area contributed by atoms with Crippen LogP contribution in [-0.4, -0.2) is 29.5 Å². The molecule has 0 fully saturated rings. The highest BCUT2D eigenvalue weighted by Crippen LogP contribution is 2.29. The molecule has 4 rings (SSSR count). The summed E-state index contributed by atoms with van der Waals surface area (Å²) in [5.41, 5.74) is 4.13. The van der Waals surface area contributed by atoms with Gasteiger partial charge in [-0.25, -0.2) is 4.98 Å². The molecule has 7 heteroatoms. The first-order valence-corrected chi connectivity index (χ1v) is 9.93. The molecule has 1 heterocycles. The SMILES string of the molecule is COc1ccc(Cl)cc1NCCC(=O)Nc1ccccc1-c1nc2ccccc2[nH]1. The number of para-hydroxylation sites is 3. The molecule has 0 aliphatic carbocycles. The van der Waals surface area contributed by atoms with Gasteiger partial charge in [0.15, 0.2) is 0 Å². The number of nitrogens with zero attached hydrogens (tertiary/aromatic N) is 1. The van der Waals surface area contributed by atoms with Crippen LogP contribution in [0.2, 0.25) is 5.02 Å². The number of rotatable bonds is 7. The van der Waals surface area contributed by atoms with E-state index in [9.17, 15) is 4.79 Å². The summed E-state index contributed by atoms with van der Waals surface area (Å²) in [7, 11) is 1.59. The number of hydrogen-bond donors (Lipinski definition) is 3. The minimum absolute atomic E-state index is 0.105. The number of ether oxygens (including phenoxy) is 1. The summed E-state index contributed by atoms with van der Waals surface area (Å²) in [4.78, 5) is 20.5. The van der Waals surface area contributed by atoms with Gasteiger partial charge in [0.25, 0.3) is 0 Å². The average Bonchev–Trinajstić information content (AvgIpc) is 3.18. The number of imidazole rings is 1. The van der Waals surface area contributed by atoms with Gasteiger partial charge in [0, 0.05) is 23.6 Å². The highest BCUT2D eigenvalue weighted by Gasteiger charge is 2.12. The molecule has 1 aromatic heterocycles. The largest absolute Gasteiger partial charge is 0.495 e. The Morgan fingerprint density at radius 2 is 1.87 bits per heavy atom. The first kappa shape index (κ1) is 19.8. The Balaban J connectivity index is 1.43. The van der Waals surface area contributed by atoms with Crippen LogP contribution >= 0.6 is 11.6 Å². The van der Waals surface area contributed by atoms with Crippen LogP contribution in [0.3, 0.4) is 0 Å². The number of aromatic nitrogens is 2. The van der Waals surface area contributed by atoms with Gasteiger partial charge in [0.2, 0.25) is 5.91 Å². The Hall–Kier alpha value is -3.51. The Morgan fingerprint density at radius 1 is 1.07 bits per heavy atom. The van der Waals surface area contributed by atoms with Gasteiger partial charge >= 0.3 is 0 Å². The van der Waals surface area contributed by atoms with Crippen LogP contribution in [-0.2, 0) is 4.79 Å². The monoisotopic (exact) mass is 420 g/mol. The van der Waals surface area contributed by atoms with E-state index < -0.39 is 0 Å². The molecule has 6 nitrogen and oxygen atoms in total. The standard InChI is InChI=1S/C23H21ClN4O2/c1-30-21-11-10-15(24)14-20(21)25-13-12-22(29)26-17-7-3-2-6-16(17)23-27-18-8-4-5-9-19(18)28-23/h2-11,14,25H,12-13H2,1H3,(H,26,29)(H,27,28). The number of amides is 1. The van der Waals surface area contributed by atoms with Gasteiger partial charge in [0.1, 0.15) is 11.6 Å². The van der Waals surface area contributed by atoms with Crippen LogP contribution in [0.1, 0.15) is 6.42 Å². The molecule has 0 unspecified atom stereocenters. The zero-order valence-corrected chi connectivity index (χ0v) is 17.2. The molecule has 4 aromatic rings. The lowest BCUT2D eigenvalue weighted by molar-refractivity contribution is -0.115. The number of nitrogens with one attached hydrogen (secondary N) is 3. The fourth-order valence-corrected chi connectivity index (χ4v) is 3.39. The molecule has 0 spiro atoms. The molecule has 30 heavy (non-hydrogen) atoms. The fraction of sp³-hybridized carbons (Fsp3) is 0.130. The minimum Gasteiger partial charge on any atom is -0.495 e. The third kappa shape index (κ3) is 4.39. The van der Waals surface area contributed by atoms with Crippen molar-refractivity contribution in [3.63, 3.8) is 0 Å². The quantitative estimate of drug-likeness (QED) is 0.377. The second-order valence-electron chi connectivity index (χ2n) is 6.72. The van der Waals surface area contributed by atoms with Crippen molar-refractivity contribution in [1.29, 1.82) is 0 Å². The summed E-state index contributed by atoms with van der Waals surface area (Å²) in [6.45, 7) is 0.440. The van der Waals surface area contributed by atoms with E-state index in [-0.39, 0.29) is 12.3 Å². The molecular weight excluding hydrogens is 400 g/mol. The number of hydrogen-bond acceptors (Lipinski definition) is 4. The third-order valence-electron chi connectivity index (χ3n) is 4.67. The fourth-order valence-electron chi connectivity index (χ4n) is 3.22. The molecule has 0 bridgehead atoms. The van der Waals surface area contributed by atoms with Crippen molar-refractivity contribution in [3.05, 3.63) is 71.8 Å². The van der Waals surface area contributed by atoms with Crippen LogP contribution < -0.4 is 15.4 Å². The van der Waals surface area contributed by atoms with Crippen molar-refractivity contribution < 1.29 is 9.53 Å². The number of halogens is 1. The number of benzene rings is 3. The molecule has 0 aliphatic rings. The van der Waals surface area contributed by atoms with E-state index in [2.05, 4.69) is 20.6 Å². The van der Waals surface area contributed by atoms with Crippen LogP contribution in [0.5, 0.6) is 5.75 Å². The maximum atomic E-state index is 12.5. The Bertz CT molecular complexity index is 1160. The maximum absolute atomic E-state index is 12.5. The van der Waals surface area contributed by atoms with E-state index in [0.29, 0.717) is 28.8 Å². The number of carbonyl (C=O) groups excluding carboxylic acids is 1. The lowest BCUT2D eigenvalue weighted by Gasteiger charge is -2.12. The smallest absolute Gasteiger partial charge is 0.226 e. The zero-order valence-electron chi connectivity index (χ0n) is 16.4. The molecule has 0 atom stereocenters. The topological polar surface area (TPSA) is 79.0 Å². The van der Waals surface area contributed by atoms with Crippen molar-refractivity contribution in [2.45, 2.75) is 6.42 Å². The number of anilines is 2. The second kappa shape index (κ2) is 8.88. The van der Waals surface area contributed by atoms with Gasteiger partial charge in [-0.05, 0) is 42.5 Å². The van der Waals surface area contributed by atoms with E-state index in [1.807, 2.05) is 48.5 Å². The van der Waals surface area contributed by atoms with Crippen molar-refractivity contribution in [1.82, 2.24) is 9.97 Å². The molecule has 0 radical (unpaired) electrons. The Morgan fingerprint density at radius 3 is 2.70 bits per heavy atom. The Labute approximate surface area is 179 Å². The normalized spacial score (nSPS) is 10.7. The summed E-state index contributed by atoms with van der Waals surface area (Å²) in [6, 6.07) is 20.8. The van der Waals surface area contributed by atoms with Crippen molar-refractivity contribution in [3.8, 4) is 17.1 Å². The van der Waals surface area contributed by atoms with Crippen LogP contribution in [0.25, 0.3) is 22.4 Å². The lowest BCUT2D eigenvalue weighted by atomic mass is 10.1. The van der Waals surface area contributed by atoms with E-state index in [1.54, 1.807) is 25.3 Å². The van der Waals surface area contributed by atoms with E-state index >= 15 is 0 Å². The summed E-state index contributed by atoms with van der Waals surface area (Å²) >= 11 is 6.04. The number of aromatic amines is 1. The molecular formula is C23H21ClN4O2.